The van der Waals surface area contributed by atoms with Crippen molar-refractivity contribution in [2.45, 2.75) is 32.1 Å². The van der Waals surface area contributed by atoms with Crippen molar-refractivity contribution < 1.29 is 0 Å². The van der Waals surface area contributed by atoms with Gasteiger partial charge in [0.2, 0.25) is 0 Å². The van der Waals surface area contributed by atoms with Crippen molar-refractivity contribution in [2.24, 2.45) is 5.92 Å². The molecule has 1 aromatic heterocycles. The first-order valence-corrected chi connectivity index (χ1v) is 9.40. The van der Waals surface area contributed by atoms with Gasteiger partial charge in [0.25, 0.3) is 0 Å². The molecule has 1 aromatic carbocycles. The van der Waals surface area contributed by atoms with E-state index in [-0.39, 0.29) is 0 Å². The predicted octanol–water partition coefficient (Wildman–Crippen LogP) is 5.71. The second-order valence-electron chi connectivity index (χ2n) is 5.15. The van der Waals surface area contributed by atoms with E-state index in [1.54, 1.807) is 0 Å². The zero-order valence-corrected chi connectivity index (χ0v) is 16.1. The molecule has 0 unspecified atom stereocenters. The lowest BCUT2D eigenvalue weighted by molar-refractivity contribution is 0.632. The third kappa shape index (κ3) is 4.57. The fraction of sp³-hybridized carbons (Fsp3) is 0.375. The Morgan fingerprint density at radius 2 is 1.86 bits per heavy atom. The maximum atomic E-state index is 6.27. The summed E-state index contributed by atoms with van der Waals surface area (Å²) in [5, 5.41) is 0.545. The molecule has 0 saturated heterocycles. The quantitative estimate of drug-likeness (QED) is 0.344. The summed E-state index contributed by atoms with van der Waals surface area (Å²) >= 11 is 10.3. The second-order valence-corrected chi connectivity index (χ2v) is 7.93. The highest BCUT2D eigenvalue weighted by Gasteiger charge is 2.13. The van der Waals surface area contributed by atoms with Gasteiger partial charge in [-0.2, -0.15) is 0 Å². The summed E-state index contributed by atoms with van der Waals surface area (Å²) in [4.78, 5) is 10.4. The number of nitrogens with zero attached hydrogens (tertiary/aromatic N) is 2. The van der Waals surface area contributed by atoms with Crippen molar-refractivity contribution in [2.75, 3.05) is 5.75 Å². The molecule has 5 heteroatoms. The molecule has 2 nitrogen and oxygen atoms in total. The molecule has 0 N–H and O–H groups in total. The van der Waals surface area contributed by atoms with Crippen LogP contribution in [0, 0.1) is 9.49 Å². The summed E-state index contributed by atoms with van der Waals surface area (Å²) in [6.07, 6.45) is 0.914. The normalized spacial score (nSPS) is 11.1. The Hall–Kier alpha value is -0.330. The van der Waals surface area contributed by atoms with Gasteiger partial charge in [0, 0.05) is 10.5 Å². The van der Waals surface area contributed by atoms with Crippen LogP contribution in [0.4, 0.5) is 0 Å². The predicted molar refractivity (Wildman–Crippen MR) is 100 cm³/mol. The van der Waals surface area contributed by atoms with Gasteiger partial charge < -0.3 is 0 Å². The molecule has 0 aliphatic heterocycles. The first kappa shape index (κ1) is 17.0. The highest BCUT2D eigenvalue weighted by atomic mass is 127. The molecule has 2 rings (SSSR count). The molecule has 112 valence electrons. The van der Waals surface area contributed by atoms with Crippen molar-refractivity contribution in [1.82, 2.24) is 9.97 Å². The van der Waals surface area contributed by atoms with Crippen LogP contribution in [0.1, 0.15) is 26.5 Å². The molecular formula is C16H18ClIN2S. The van der Waals surface area contributed by atoms with Crippen LogP contribution in [0.25, 0.3) is 11.4 Å². The number of hydrogen-bond donors (Lipinski definition) is 0. The number of thioether (sulfide) groups is 1. The summed E-state index contributed by atoms with van der Waals surface area (Å²) in [5.74, 6) is 2.33. The third-order valence-corrected chi connectivity index (χ3v) is 5.52. The molecule has 1 heterocycles. The van der Waals surface area contributed by atoms with Crippen molar-refractivity contribution in [3.63, 3.8) is 0 Å². The van der Waals surface area contributed by atoms with E-state index < -0.39 is 0 Å². The van der Waals surface area contributed by atoms with E-state index in [2.05, 4.69) is 72.6 Å². The first-order valence-electron chi connectivity index (χ1n) is 6.96. The minimum Gasteiger partial charge on any atom is -0.232 e. The van der Waals surface area contributed by atoms with E-state index in [1.807, 2.05) is 11.8 Å². The van der Waals surface area contributed by atoms with Gasteiger partial charge in [0.1, 0.15) is 5.15 Å². The van der Waals surface area contributed by atoms with Gasteiger partial charge in [-0.15, -0.1) is 11.8 Å². The molecule has 0 aliphatic rings. The van der Waals surface area contributed by atoms with E-state index in [0.29, 0.717) is 16.9 Å². The number of hydrogen-bond acceptors (Lipinski definition) is 3. The number of benzene rings is 1. The van der Waals surface area contributed by atoms with Crippen LogP contribution in [-0.4, -0.2) is 15.7 Å². The molecule has 0 fully saturated rings. The van der Waals surface area contributed by atoms with Crippen molar-refractivity contribution in [3.05, 3.63) is 38.7 Å². The lowest BCUT2D eigenvalue weighted by atomic mass is 10.1. The standard InChI is InChI=1S/C16H18ClIN2S/c1-4-21-12-7-5-11(6-8-12)16-19-13(9-10(2)3)14(18)15(17)20-16/h5-8,10H,4,9H2,1-3H3. The fourth-order valence-corrected chi connectivity index (χ4v) is 3.29. The van der Waals surface area contributed by atoms with Gasteiger partial charge in [-0.3, -0.25) is 0 Å². The first-order chi connectivity index (χ1) is 10.0. The van der Waals surface area contributed by atoms with E-state index >= 15 is 0 Å². The molecule has 0 spiro atoms. The number of aromatic nitrogens is 2. The maximum Gasteiger partial charge on any atom is 0.161 e. The summed E-state index contributed by atoms with van der Waals surface area (Å²) < 4.78 is 0.963. The summed E-state index contributed by atoms with van der Waals surface area (Å²) in [6.45, 7) is 6.52. The van der Waals surface area contributed by atoms with Crippen molar-refractivity contribution in [3.8, 4) is 11.4 Å². The molecule has 0 amide bonds. The minimum absolute atomic E-state index is 0.542. The van der Waals surface area contributed by atoms with E-state index in [4.69, 9.17) is 16.6 Å². The van der Waals surface area contributed by atoms with Crippen molar-refractivity contribution >= 4 is 46.0 Å². The molecule has 0 atom stereocenters. The number of halogens is 2. The topological polar surface area (TPSA) is 25.8 Å². The largest absolute Gasteiger partial charge is 0.232 e. The van der Waals surface area contributed by atoms with Crippen LogP contribution >= 0.6 is 46.0 Å². The monoisotopic (exact) mass is 432 g/mol. The Balaban J connectivity index is 2.36. The number of rotatable bonds is 5. The fourth-order valence-electron chi connectivity index (χ4n) is 1.98. The molecule has 2 aromatic rings. The highest BCUT2D eigenvalue weighted by molar-refractivity contribution is 14.1. The Morgan fingerprint density at radius 3 is 2.43 bits per heavy atom. The molecule has 0 saturated carbocycles. The third-order valence-electron chi connectivity index (χ3n) is 2.90. The minimum atomic E-state index is 0.542. The smallest absolute Gasteiger partial charge is 0.161 e. The Kier molecular flexibility index (Phi) is 6.32. The average molecular weight is 433 g/mol. The van der Waals surface area contributed by atoms with Gasteiger partial charge in [0.15, 0.2) is 5.82 Å². The summed E-state index contributed by atoms with van der Waals surface area (Å²) in [6, 6.07) is 8.35. The second kappa shape index (κ2) is 7.79. The lowest BCUT2D eigenvalue weighted by Crippen LogP contribution is -2.04. The zero-order valence-electron chi connectivity index (χ0n) is 12.4. The maximum absolute atomic E-state index is 6.27. The lowest BCUT2D eigenvalue weighted by Gasteiger charge is -2.10. The SMILES string of the molecule is CCSc1ccc(-c2nc(Cl)c(I)c(CC(C)C)n2)cc1. The van der Waals surface area contributed by atoms with Gasteiger partial charge in [-0.1, -0.05) is 44.5 Å². The van der Waals surface area contributed by atoms with Crippen LogP contribution in [0.2, 0.25) is 5.15 Å². The van der Waals surface area contributed by atoms with Gasteiger partial charge in [-0.25, -0.2) is 9.97 Å². The Morgan fingerprint density at radius 1 is 1.19 bits per heavy atom. The van der Waals surface area contributed by atoms with E-state index in [9.17, 15) is 0 Å². The van der Waals surface area contributed by atoms with Gasteiger partial charge in [-0.05, 0) is 52.8 Å². The van der Waals surface area contributed by atoms with Crippen LogP contribution in [0.5, 0.6) is 0 Å². The van der Waals surface area contributed by atoms with E-state index in [0.717, 1.165) is 27.0 Å². The van der Waals surface area contributed by atoms with Crippen LogP contribution < -0.4 is 0 Å². The molecule has 0 aliphatic carbocycles. The van der Waals surface area contributed by atoms with Crippen molar-refractivity contribution in [1.29, 1.82) is 0 Å². The zero-order chi connectivity index (χ0) is 15.4. The van der Waals surface area contributed by atoms with Gasteiger partial charge >= 0.3 is 0 Å². The van der Waals surface area contributed by atoms with Gasteiger partial charge in [0.05, 0.1) is 9.26 Å². The van der Waals surface area contributed by atoms with Crippen LogP contribution in [0.3, 0.4) is 0 Å². The molecular weight excluding hydrogens is 415 g/mol. The van der Waals surface area contributed by atoms with E-state index in [1.165, 1.54) is 4.90 Å². The molecule has 0 bridgehead atoms. The summed E-state index contributed by atoms with van der Waals surface area (Å²) in [5.41, 5.74) is 2.05. The Bertz CT molecular complexity index is 614. The highest BCUT2D eigenvalue weighted by Crippen LogP contribution is 2.27. The van der Waals surface area contributed by atoms with Crippen LogP contribution in [0.15, 0.2) is 29.2 Å². The molecule has 0 radical (unpaired) electrons. The average Bonchev–Trinajstić information content (AvgIpc) is 2.44. The molecule has 21 heavy (non-hydrogen) atoms. The van der Waals surface area contributed by atoms with Crippen LogP contribution in [-0.2, 0) is 6.42 Å². The summed E-state index contributed by atoms with van der Waals surface area (Å²) in [7, 11) is 0. The Labute approximate surface area is 149 Å².